The van der Waals surface area contributed by atoms with Crippen LogP contribution in [-0.4, -0.2) is 36.5 Å². The fourth-order valence-electron chi connectivity index (χ4n) is 2.96. The topological polar surface area (TPSA) is 87.7 Å². The normalized spacial score (nSPS) is 16.6. The zero-order valence-corrected chi connectivity index (χ0v) is 16.6. The summed E-state index contributed by atoms with van der Waals surface area (Å²) in [4.78, 5) is 39.1. The van der Waals surface area contributed by atoms with Gasteiger partial charge in [-0.05, 0) is 43.0 Å². The highest BCUT2D eigenvalue weighted by atomic mass is 32.1. The van der Waals surface area contributed by atoms with Crippen molar-refractivity contribution in [2.24, 2.45) is 0 Å². The molecule has 3 amide bonds. The number of hydrogen-bond acceptors (Lipinski definition) is 5. The molecule has 1 aromatic heterocycles. The molecule has 1 aliphatic rings. The Balaban J connectivity index is 1.93. The summed E-state index contributed by atoms with van der Waals surface area (Å²) < 4.78 is 5.19. The van der Waals surface area contributed by atoms with Crippen molar-refractivity contribution in [3.05, 3.63) is 63.5 Å². The quantitative estimate of drug-likeness (QED) is 0.753. The Morgan fingerprint density at radius 2 is 2.07 bits per heavy atom. The lowest BCUT2D eigenvalue weighted by Crippen LogP contribution is -2.46. The van der Waals surface area contributed by atoms with Crippen LogP contribution in [0.25, 0.3) is 0 Å². The predicted molar refractivity (Wildman–Crippen MR) is 107 cm³/mol. The number of nitrogens with zero attached hydrogens (tertiary/aromatic N) is 1. The molecule has 2 aromatic rings. The Kier molecular flexibility index (Phi) is 5.79. The van der Waals surface area contributed by atoms with Gasteiger partial charge in [-0.2, -0.15) is 0 Å². The molecule has 0 aliphatic carbocycles. The Morgan fingerprint density at radius 3 is 2.75 bits per heavy atom. The lowest BCUT2D eigenvalue weighted by atomic mass is 9.94. The number of thiophene rings is 1. The average Bonchev–Trinajstić information content (AvgIpc) is 3.21. The summed E-state index contributed by atoms with van der Waals surface area (Å²) in [5.74, 6) is -0.693. The van der Waals surface area contributed by atoms with Crippen LogP contribution in [0, 0.1) is 0 Å². The summed E-state index contributed by atoms with van der Waals surface area (Å²) in [5.41, 5.74) is 2.14. The number of ether oxygens (including phenoxy) is 1. The van der Waals surface area contributed by atoms with E-state index < -0.39 is 12.0 Å². The van der Waals surface area contributed by atoms with E-state index in [2.05, 4.69) is 10.6 Å². The van der Waals surface area contributed by atoms with Crippen LogP contribution in [0.3, 0.4) is 0 Å². The molecule has 2 N–H and O–H groups in total. The standard InChI is InChI=1S/C20H21N3O4S/c1-4-27-19(25)16-12(2)23(3)20(26)22-17(16)13-7-5-8-14(11-13)21-18(24)15-9-6-10-28-15/h5-11,17H,4H2,1-3H3,(H,21,24)(H,22,26). The fourth-order valence-corrected chi connectivity index (χ4v) is 3.57. The first-order valence-corrected chi connectivity index (χ1v) is 9.67. The fraction of sp³-hybridized carbons (Fsp3) is 0.250. The number of benzene rings is 1. The number of urea groups is 1. The number of hydrogen-bond donors (Lipinski definition) is 2. The second-order valence-corrected chi connectivity index (χ2v) is 7.17. The van der Waals surface area contributed by atoms with Crippen LogP contribution in [0.15, 0.2) is 53.0 Å². The molecule has 1 aliphatic heterocycles. The number of nitrogens with one attached hydrogen (secondary N) is 2. The van der Waals surface area contributed by atoms with Gasteiger partial charge in [0.2, 0.25) is 0 Å². The smallest absolute Gasteiger partial charge is 0.338 e. The first kappa shape index (κ1) is 19.6. The van der Waals surface area contributed by atoms with E-state index in [4.69, 9.17) is 4.74 Å². The van der Waals surface area contributed by atoms with Gasteiger partial charge < -0.3 is 20.3 Å². The molecule has 1 atom stereocenters. The van der Waals surface area contributed by atoms with E-state index in [-0.39, 0.29) is 18.5 Å². The van der Waals surface area contributed by atoms with E-state index in [9.17, 15) is 14.4 Å². The number of esters is 1. The Bertz CT molecular complexity index is 937. The molecule has 1 unspecified atom stereocenters. The minimum Gasteiger partial charge on any atom is -0.463 e. The minimum atomic E-state index is -0.665. The summed E-state index contributed by atoms with van der Waals surface area (Å²) in [6.07, 6.45) is 0. The summed E-state index contributed by atoms with van der Waals surface area (Å²) in [5, 5.41) is 7.50. The largest absolute Gasteiger partial charge is 0.463 e. The molecule has 28 heavy (non-hydrogen) atoms. The number of anilines is 1. The van der Waals surface area contributed by atoms with Crippen molar-refractivity contribution in [2.45, 2.75) is 19.9 Å². The Morgan fingerprint density at radius 1 is 1.29 bits per heavy atom. The van der Waals surface area contributed by atoms with Crippen LogP contribution in [0.4, 0.5) is 10.5 Å². The van der Waals surface area contributed by atoms with Gasteiger partial charge in [-0.1, -0.05) is 18.2 Å². The van der Waals surface area contributed by atoms with Gasteiger partial charge in [0.15, 0.2) is 0 Å². The number of rotatable bonds is 5. The summed E-state index contributed by atoms with van der Waals surface area (Å²) in [6, 6.07) is 9.63. The molecule has 146 valence electrons. The molecular weight excluding hydrogens is 378 g/mol. The third-order valence-electron chi connectivity index (χ3n) is 4.47. The van der Waals surface area contributed by atoms with Gasteiger partial charge >= 0.3 is 12.0 Å². The lowest BCUT2D eigenvalue weighted by Gasteiger charge is -2.33. The molecule has 0 saturated carbocycles. The van der Waals surface area contributed by atoms with Crippen molar-refractivity contribution in [1.29, 1.82) is 0 Å². The predicted octanol–water partition coefficient (Wildman–Crippen LogP) is 3.53. The van der Waals surface area contributed by atoms with Gasteiger partial charge in [-0.3, -0.25) is 4.79 Å². The SMILES string of the molecule is CCOC(=O)C1=C(C)N(C)C(=O)NC1c1cccc(NC(=O)c2cccs2)c1. The Labute approximate surface area is 167 Å². The van der Waals surface area contributed by atoms with Gasteiger partial charge in [0, 0.05) is 18.4 Å². The highest BCUT2D eigenvalue weighted by Crippen LogP contribution is 2.31. The van der Waals surface area contributed by atoms with Gasteiger partial charge in [-0.15, -0.1) is 11.3 Å². The van der Waals surface area contributed by atoms with E-state index in [1.165, 1.54) is 16.2 Å². The van der Waals surface area contributed by atoms with Crippen molar-refractivity contribution in [3.8, 4) is 0 Å². The summed E-state index contributed by atoms with van der Waals surface area (Å²) in [7, 11) is 1.60. The second kappa shape index (κ2) is 8.26. The third-order valence-corrected chi connectivity index (χ3v) is 5.34. The zero-order chi connectivity index (χ0) is 20.3. The highest BCUT2D eigenvalue weighted by molar-refractivity contribution is 7.12. The van der Waals surface area contributed by atoms with Crippen molar-refractivity contribution in [3.63, 3.8) is 0 Å². The van der Waals surface area contributed by atoms with E-state index in [1.807, 2.05) is 11.4 Å². The van der Waals surface area contributed by atoms with Crippen LogP contribution in [0.1, 0.15) is 35.1 Å². The number of allylic oxidation sites excluding steroid dienone is 1. The van der Waals surface area contributed by atoms with Crippen LogP contribution in [0.5, 0.6) is 0 Å². The van der Waals surface area contributed by atoms with Gasteiger partial charge in [0.25, 0.3) is 5.91 Å². The summed E-state index contributed by atoms with van der Waals surface area (Å²) >= 11 is 1.35. The number of carbonyl (C=O) groups is 3. The molecule has 0 spiro atoms. The highest BCUT2D eigenvalue weighted by Gasteiger charge is 2.35. The third kappa shape index (κ3) is 3.91. The van der Waals surface area contributed by atoms with Gasteiger partial charge in [-0.25, -0.2) is 9.59 Å². The summed E-state index contributed by atoms with van der Waals surface area (Å²) in [6.45, 7) is 3.67. The molecule has 0 radical (unpaired) electrons. The molecule has 3 rings (SSSR count). The minimum absolute atomic E-state index is 0.211. The van der Waals surface area contributed by atoms with Crippen molar-refractivity contribution in [1.82, 2.24) is 10.2 Å². The van der Waals surface area contributed by atoms with E-state index >= 15 is 0 Å². The number of amides is 3. The van der Waals surface area contributed by atoms with Crippen LogP contribution >= 0.6 is 11.3 Å². The maximum atomic E-state index is 12.5. The lowest BCUT2D eigenvalue weighted by molar-refractivity contribution is -0.139. The molecule has 0 fully saturated rings. The molecule has 8 heteroatoms. The molecule has 0 bridgehead atoms. The zero-order valence-electron chi connectivity index (χ0n) is 15.8. The average molecular weight is 399 g/mol. The monoisotopic (exact) mass is 399 g/mol. The first-order chi connectivity index (χ1) is 13.4. The molecule has 0 saturated heterocycles. The van der Waals surface area contributed by atoms with Crippen LogP contribution in [0.2, 0.25) is 0 Å². The van der Waals surface area contributed by atoms with Crippen molar-refractivity contribution in [2.75, 3.05) is 19.0 Å². The molecule has 1 aromatic carbocycles. The van der Waals surface area contributed by atoms with Crippen LogP contribution < -0.4 is 10.6 Å². The second-order valence-electron chi connectivity index (χ2n) is 6.22. The van der Waals surface area contributed by atoms with Crippen molar-refractivity contribution >= 4 is 34.9 Å². The van der Waals surface area contributed by atoms with E-state index in [0.29, 0.717) is 27.4 Å². The first-order valence-electron chi connectivity index (χ1n) is 8.79. The van der Waals surface area contributed by atoms with Crippen LogP contribution in [-0.2, 0) is 9.53 Å². The van der Waals surface area contributed by atoms with Gasteiger partial charge in [0.1, 0.15) is 0 Å². The Hall–Kier alpha value is -3.13. The maximum absolute atomic E-state index is 12.5. The number of carbonyl (C=O) groups excluding carboxylic acids is 3. The maximum Gasteiger partial charge on any atom is 0.338 e. The van der Waals surface area contributed by atoms with Crippen molar-refractivity contribution < 1.29 is 19.1 Å². The molecule has 7 nitrogen and oxygen atoms in total. The van der Waals surface area contributed by atoms with Gasteiger partial charge in [0.05, 0.1) is 23.1 Å². The molecule has 2 heterocycles. The van der Waals surface area contributed by atoms with E-state index in [1.54, 1.807) is 51.2 Å². The van der Waals surface area contributed by atoms with E-state index in [0.717, 1.165) is 0 Å². The molecular formula is C20H21N3O4S.